The number of carbonyl (C=O) groups excluding carboxylic acids is 1. The van der Waals surface area contributed by atoms with E-state index in [-0.39, 0.29) is 17.4 Å². The minimum Gasteiger partial charge on any atom is -0.379 e. The number of benzene rings is 1. The fraction of sp³-hybridized carbons (Fsp3) is 0.500. The zero-order valence-electron chi connectivity index (χ0n) is 12.8. The molecule has 124 valence electrons. The average Bonchev–Trinajstić information content (AvgIpc) is 2.58. The summed E-state index contributed by atoms with van der Waals surface area (Å²) in [5.41, 5.74) is 0.374. The molecule has 0 aromatic heterocycles. The minimum atomic E-state index is -0.194. The fourth-order valence-corrected chi connectivity index (χ4v) is 2.81. The van der Waals surface area contributed by atoms with E-state index in [4.69, 9.17) is 33.2 Å². The summed E-state index contributed by atoms with van der Waals surface area (Å²) in [7, 11) is 0. The molecule has 5 nitrogen and oxygen atoms in total. The van der Waals surface area contributed by atoms with Crippen molar-refractivity contribution >= 4 is 29.1 Å². The molecule has 23 heavy (non-hydrogen) atoms. The molecular formula is C16H19Cl2N3O2. The summed E-state index contributed by atoms with van der Waals surface area (Å²) < 4.78 is 5.32. The maximum Gasteiger partial charge on any atom is 0.255 e. The van der Waals surface area contributed by atoms with E-state index < -0.39 is 0 Å². The second-order valence-corrected chi connectivity index (χ2v) is 6.04. The second-order valence-electron chi connectivity index (χ2n) is 5.26. The largest absolute Gasteiger partial charge is 0.379 e. The third-order valence-corrected chi connectivity index (χ3v) is 4.57. The number of ether oxygens (including phenoxy) is 1. The van der Waals surface area contributed by atoms with E-state index in [0.29, 0.717) is 36.9 Å². The van der Waals surface area contributed by atoms with E-state index in [0.717, 1.165) is 19.6 Å². The number of morpholine rings is 1. The summed E-state index contributed by atoms with van der Waals surface area (Å²) in [6, 6.07) is 7.09. The van der Waals surface area contributed by atoms with Crippen LogP contribution in [0.3, 0.4) is 0 Å². The van der Waals surface area contributed by atoms with E-state index in [1.807, 2.05) is 0 Å². The molecule has 0 N–H and O–H groups in total. The Morgan fingerprint density at radius 3 is 2.74 bits per heavy atom. The summed E-state index contributed by atoms with van der Waals surface area (Å²) in [6.07, 6.45) is 0.285. The van der Waals surface area contributed by atoms with E-state index in [1.54, 1.807) is 23.1 Å². The van der Waals surface area contributed by atoms with Gasteiger partial charge in [-0.2, -0.15) is 5.26 Å². The standard InChI is InChI=1S/C16H19Cl2N3O2/c17-14-4-1-3-13(15(14)18)16(22)21(6-2-5-19)8-7-20-9-11-23-12-10-20/h1,3-4H,2,6-12H2. The van der Waals surface area contributed by atoms with Crippen LogP contribution >= 0.6 is 23.2 Å². The Kier molecular flexibility index (Phi) is 7.13. The number of nitriles is 1. The molecule has 0 unspecified atom stereocenters. The van der Waals surface area contributed by atoms with Crippen molar-refractivity contribution in [3.63, 3.8) is 0 Å². The lowest BCUT2D eigenvalue weighted by Crippen LogP contribution is -2.43. The van der Waals surface area contributed by atoms with Crippen molar-refractivity contribution in [2.45, 2.75) is 6.42 Å². The predicted molar refractivity (Wildman–Crippen MR) is 89.9 cm³/mol. The fourth-order valence-electron chi connectivity index (χ4n) is 2.43. The quantitative estimate of drug-likeness (QED) is 0.787. The second kappa shape index (κ2) is 9.09. The molecule has 0 radical (unpaired) electrons. The Labute approximate surface area is 146 Å². The van der Waals surface area contributed by atoms with Crippen LogP contribution in [0.5, 0.6) is 0 Å². The van der Waals surface area contributed by atoms with Gasteiger partial charge in [0.15, 0.2) is 0 Å². The molecule has 1 aromatic rings. The molecule has 0 saturated carbocycles. The molecule has 0 atom stereocenters. The van der Waals surface area contributed by atoms with Gasteiger partial charge >= 0.3 is 0 Å². The monoisotopic (exact) mass is 355 g/mol. The summed E-state index contributed by atoms with van der Waals surface area (Å²) >= 11 is 12.1. The summed E-state index contributed by atoms with van der Waals surface area (Å²) in [6.45, 7) is 4.82. The van der Waals surface area contributed by atoms with Gasteiger partial charge in [-0.05, 0) is 12.1 Å². The number of hydrogen-bond donors (Lipinski definition) is 0. The van der Waals surface area contributed by atoms with Crippen LogP contribution in [-0.2, 0) is 4.74 Å². The molecule has 2 rings (SSSR count). The van der Waals surface area contributed by atoms with E-state index >= 15 is 0 Å². The maximum atomic E-state index is 12.7. The van der Waals surface area contributed by atoms with Gasteiger partial charge in [0.25, 0.3) is 5.91 Å². The van der Waals surface area contributed by atoms with Gasteiger partial charge in [-0.3, -0.25) is 9.69 Å². The van der Waals surface area contributed by atoms with Crippen LogP contribution < -0.4 is 0 Å². The minimum absolute atomic E-state index is 0.194. The molecule has 1 aliphatic heterocycles. The lowest BCUT2D eigenvalue weighted by Gasteiger charge is -2.30. The van der Waals surface area contributed by atoms with E-state index in [1.165, 1.54) is 0 Å². The molecule has 1 saturated heterocycles. The highest BCUT2D eigenvalue weighted by Gasteiger charge is 2.20. The topological polar surface area (TPSA) is 56.6 Å². The van der Waals surface area contributed by atoms with E-state index in [9.17, 15) is 4.79 Å². The Morgan fingerprint density at radius 2 is 2.04 bits per heavy atom. The Hall–Kier alpha value is -1.32. The van der Waals surface area contributed by atoms with Crippen LogP contribution in [-0.4, -0.2) is 61.6 Å². The molecule has 1 aliphatic rings. The first kappa shape index (κ1) is 18.0. The smallest absolute Gasteiger partial charge is 0.255 e. The van der Waals surface area contributed by atoms with Gasteiger partial charge in [0, 0.05) is 32.7 Å². The van der Waals surface area contributed by atoms with E-state index in [2.05, 4.69) is 11.0 Å². The highest BCUT2D eigenvalue weighted by Crippen LogP contribution is 2.26. The first-order valence-electron chi connectivity index (χ1n) is 7.54. The van der Waals surface area contributed by atoms with Crippen molar-refractivity contribution in [3.05, 3.63) is 33.8 Å². The van der Waals surface area contributed by atoms with Crippen molar-refractivity contribution in [2.24, 2.45) is 0 Å². The number of hydrogen-bond acceptors (Lipinski definition) is 4. The molecule has 1 heterocycles. The van der Waals surface area contributed by atoms with Crippen LogP contribution in [0.2, 0.25) is 10.0 Å². The zero-order valence-corrected chi connectivity index (χ0v) is 14.3. The Morgan fingerprint density at radius 1 is 1.30 bits per heavy atom. The molecule has 1 amide bonds. The summed E-state index contributed by atoms with van der Waals surface area (Å²) in [5.74, 6) is -0.194. The van der Waals surface area contributed by atoms with Gasteiger partial charge < -0.3 is 9.64 Å². The van der Waals surface area contributed by atoms with Gasteiger partial charge in [0.05, 0.1) is 41.3 Å². The third-order valence-electron chi connectivity index (χ3n) is 3.75. The van der Waals surface area contributed by atoms with Gasteiger partial charge in [0.1, 0.15) is 0 Å². The summed E-state index contributed by atoms with van der Waals surface area (Å²) in [5, 5.41) is 9.43. The van der Waals surface area contributed by atoms with Gasteiger partial charge in [-0.25, -0.2) is 0 Å². The maximum absolute atomic E-state index is 12.7. The van der Waals surface area contributed by atoms with Crippen LogP contribution in [0.1, 0.15) is 16.8 Å². The first-order chi connectivity index (χ1) is 11.1. The first-order valence-corrected chi connectivity index (χ1v) is 8.29. The Bertz CT molecular complexity index is 583. The van der Waals surface area contributed by atoms with Gasteiger partial charge in [0.2, 0.25) is 0 Å². The van der Waals surface area contributed by atoms with Crippen molar-refractivity contribution in [1.82, 2.24) is 9.80 Å². The van der Waals surface area contributed by atoms with Gasteiger partial charge in [-0.15, -0.1) is 0 Å². The number of halogens is 2. The molecule has 1 fully saturated rings. The molecule has 7 heteroatoms. The normalized spacial score (nSPS) is 15.2. The SMILES string of the molecule is N#CCCN(CCN1CCOCC1)C(=O)c1cccc(Cl)c1Cl. The zero-order chi connectivity index (χ0) is 16.7. The van der Waals surface area contributed by atoms with Crippen molar-refractivity contribution < 1.29 is 9.53 Å². The lowest BCUT2D eigenvalue weighted by molar-refractivity contribution is 0.0326. The van der Waals surface area contributed by atoms with Crippen LogP contribution in [0.15, 0.2) is 18.2 Å². The lowest BCUT2D eigenvalue weighted by atomic mass is 10.2. The predicted octanol–water partition coefficient (Wildman–Crippen LogP) is 2.68. The van der Waals surface area contributed by atoms with Crippen LogP contribution in [0, 0.1) is 11.3 Å². The molecule has 1 aromatic carbocycles. The van der Waals surface area contributed by atoms with Crippen LogP contribution in [0.4, 0.5) is 0 Å². The molecular weight excluding hydrogens is 337 g/mol. The number of carbonyl (C=O) groups is 1. The third kappa shape index (κ3) is 5.08. The number of amides is 1. The average molecular weight is 356 g/mol. The summed E-state index contributed by atoms with van der Waals surface area (Å²) in [4.78, 5) is 16.6. The molecule has 0 spiro atoms. The highest BCUT2D eigenvalue weighted by atomic mass is 35.5. The van der Waals surface area contributed by atoms with Crippen molar-refractivity contribution in [1.29, 1.82) is 5.26 Å². The molecule has 0 aliphatic carbocycles. The van der Waals surface area contributed by atoms with Crippen LogP contribution in [0.25, 0.3) is 0 Å². The van der Waals surface area contributed by atoms with Crippen molar-refractivity contribution in [3.8, 4) is 6.07 Å². The number of nitrogens with zero attached hydrogens (tertiary/aromatic N) is 3. The number of rotatable bonds is 6. The molecule has 0 bridgehead atoms. The highest BCUT2D eigenvalue weighted by molar-refractivity contribution is 6.43. The van der Waals surface area contributed by atoms with Crippen molar-refractivity contribution in [2.75, 3.05) is 45.9 Å². The van der Waals surface area contributed by atoms with Gasteiger partial charge in [-0.1, -0.05) is 29.3 Å². The Balaban J connectivity index is 2.05.